The van der Waals surface area contributed by atoms with E-state index in [4.69, 9.17) is 8.83 Å². The molecule has 0 N–H and O–H groups in total. The Balaban J connectivity index is 1.04. The number of anilines is 6. The van der Waals surface area contributed by atoms with Crippen molar-refractivity contribution in [3.63, 3.8) is 0 Å². The predicted molar refractivity (Wildman–Crippen MR) is 279 cm³/mol. The van der Waals surface area contributed by atoms with Crippen LogP contribution in [0.4, 0.5) is 34.1 Å². The number of fused-ring (bicyclic) bond motifs is 8. The molecule has 2 heterocycles. The fraction of sp³-hybridized carbons (Fsp3) is 0.0968. The maximum Gasteiger partial charge on any atom is 0.147 e. The van der Waals surface area contributed by atoms with Gasteiger partial charge in [-0.1, -0.05) is 103 Å². The third kappa shape index (κ3) is 6.28. The molecule has 0 aliphatic rings. The van der Waals surface area contributed by atoms with Crippen molar-refractivity contribution in [2.75, 3.05) is 9.80 Å². The summed E-state index contributed by atoms with van der Waals surface area (Å²) in [6.07, 6.45) is 0. The normalized spacial score (nSPS) is 11.8. The van der Waals surface area contributed by atoms with Crippen molar-refractivity contribution in [1.82, 2.24) is 0 Å². The van der Waals surface area contributed by atoms with E-state index in [-0.39, 0.29) is 0 Å². The second kappa shape index (κ2) is 15.3. The smallest absolute Gasteiger partial charge is 0.147 e. The van der Waals surface area contributed by atoms with Crippen molar-refractivity contribution in [3.05, 3.63) is 215 Å². The van der Waals surface area contributed by atoms with E-state index in [2.05, 4.69) is 233 Å². The minimum Gasteiger partial charge on any atom is -0.455 e. The molecule has 4 heteroatoms. The van der Waals surface area contributed by atoms with E-state index in [0.717, 1.165) is 99.3 Å². The molecule has 66 heavy (non-hydrogen) atoms. The number of nitrogens with zero attached hydrogens (tertiary/aromatic N) is 2. The van der Waals surface area contributed by atoms with Crippen molar-refractivity contribution in [1.29, 1.82) is 0 Å². The Morgan fingerprint density at radius 2 is 0.742 bits per heavy atom. The van der Waals surface area contributed by atoms with Gasteiger partial charge in [0.05, 0.1) is 5.56 Å². The van der Waals surface area contributed by atoms with Crippen molar-refractivity contribution in [3.8, 4) is 11.1 Å². The number of hydrogen-bond acceptors (Lipinski definition) is 4. The molecule has 4 nitrogen and oxygen atoms in total. The van der Waals surface area contributed by atoms with Gasteiger partial charge >= 0.3 is 0 Å². The quantitative estimate of drug-likeness (QED) is 0.160. The summed E-state index contributed by atoms with van der Waals surface area (Å²) in [7, 11) is 0. The molecule has 10 aromatic carbocycles. The van der Waals surface area contributed by atoms with Crippen molar-refractivity contribution in [2.24, 2.45) is 0 Å². The SMILES string of the molecule is Cc1ccccc1N(c1ccc2cc3c(cc2c1)oc1c(-c2ccccc2)c2oc4cc5cc(N(c6ccccc6C)c6cccc(C)c6C)ccc5cc4c2cc13)c1cccc(C)c1C. The Kier molecular flexibility index (Phi) is 9.15. The first-order chi connectivity index (χ1) is 32.2. The highest BCUT2D eigenvalue weighted by Gasteiger charge is 2.24. The molecule has 0 bridgehead atoms. The molecule has 0 fully saturated rings. The van der Waals surface area contributed by atoms with Gasteiger partial charge in [0.2, 0.25) is 0 Å². The third-order valence-electron chi connectivity index (χ3n) is 14.0. The van der Waals surface area contributed by atoms with Crippen LogP contribution in [0.25, 0.3) is 76.5 Å². The number of para-hydroxylation sites is 2. The molecule has 318 valence electrons. The molecule has 0 aliphatic carbocycles. The van der Waals surface area contributed by atoms with Gasteiger partial charge in [0, 0.05) is 55.7 Å². The first-order valence-electron chi connectivity index (χ1n) is 22.8. The summed E-state index contributed by atoms with van der Waals surface area (Å²) in [6.45, 7) is 13.2. The van der Waals surface area contributed by atoms with Gasteiger partial charge in [-0.15, -0.1) is 0 Å². The van der Waals surface area contributed by atoms with Crippen molar-refractivity contribution < 1.29 is 8.83 Å². The zero-order valence-corrected chi connectivity index (χ0v) is 38.0. The fourth-order valence-electron chi connectivity index (χ4n) is 10.1. The summed E-state index contributed by atoms with van der Waals surface area (Å²) in [5.74, 6) is 0. The lowest BCUT2D eigenvalue weighted by Gasteiger charge is -2.29. The molecule has 12 rings (SSSR count). The summed E-state index contributed by atoms with van der Waals surface area (Å²) < 4.78 is 14.1. The monoisotopic (exact) mass is 852 g/mol. The van der Waals surface area contributed by atoms with Crippen molar-refractivity contribution in [2.45, 2.75) is 41.5 Å². The van der Waals surface area contributed by atoms with Crippen LogP contribution in [0.3, 0.4) is 0 Å². The largest absolute Gasteiger partial charge is 0.455 e. The lowest BCUT2D eigenvalue weighted by molar-refractivity contribution is 0.658. The van der Waals surface area contributed by atoms with Crippen molar-refractivity contribution >= 4 is 99.5 Å². The average Bonchev–Trinajstić information content (AvgIpc) is 3.87. The van der Waals surface area contributed by atoms with E-state index < -0.39 is 0 Å². The maximum atomic E-state index is 7.03. The zero-order valence-electron chi connectivity index (χ0n) is 38.0. The van der Waals surface area contributed by atoms with Gasteiger partial charge in [-0.25, -0.2) is 0 Å². The topological polar surface area (TPSA) is 32.8 Å². The second-order valence-electron chi connectivity index (χ2n) is 18.0. The van der Waals surface area contributed by atoms with Gasteiger partial charge in [0.1, 0.15) is 22.3 Å². The van der Waals surface area contributed by atoms with Crippen LogP contribution in [0.5, 0.6) is 0 Å². The zero-order chi connectivity index (χ0) is 44.8. The van der Waals surface area contributed by atoms with Gasteiger partial charge < -0.3 is 18.6 Å². The molecule has 0 radical (unpaired) electrons. The van der Waals surface area contributed by atoms with Crippen LogP contribution >= 0.6 is 0 Å². The van der Waals surface area contributed by atoms with E-state index in [1.165, 1.54) is 44.8 Å². The average molecular weight is 853 g/mol. The highest BCUT2D eigenvalue weighted by Crippen LogP contribution is 2.48. The van der Waals surface area contributed by atoms with E-state index >= 15 is 0 Å². The molecule has 0 aliphatic heterocycles. The Bertz CT molecular complexity index is 3680. The molecular formula is C62H48N2O2. The standard InChI is InChI=1S/C62H48N2O2/c1-37-18-14-24-56(41(37)5)63(54-22-12-10-16-39(54)3)48-28-26-44-32-50-52-36-53-51-33-45-27-29-49(64(55-23-13-11-17-40(55)4)57-25-15-19-38(2)42(57)6)31-47(45)35-59(51)66-62(53)60(43-20-8-7-9-21-43)61(52)65-58(50)34-46(44)30-48/h7-36H,1-6H3. The Labute approximate surface area is 384 Å². The molecule has 12 aromatic rings. The van der Waals surface area contributed by atoms with Gasteiger partial charge in [0.15, 0.2) is 0 Å². The van der Waals surface area contributed by atoms with E-state index in [1.54, 1.807) is 0 Å². The maximum absolute atomic E-state index is 7.03. The highest BCUT2D eigenvalue weighted by molar-refractivity contribution is 6.24. The Hall–Kier alpha value is -8.08. The van der Waals surface area contributed by atoms with Gasteiger partial charge in [-0.3, -0.25) is 0 Å². The van der Waals surface area contributed by atoms with Crippen LogP contribution in [0.15, 0.2) is 191 Å². The van der Waals surface area contributed by atoms with Crippen LogP contribution in [0.1, 0.15) is 33.4 Å². The number of benzene rings is 10. The summed E-state index contributed by atoms with van der Waals surface area (Å²) >= 11 is 0. The molecule has 0 saturated heterocycles. The summed E-state index contributed by atoms with van der Waals surface area (Å²) in [6, 6.07) is 65.8. The van der Waals surface area contributed by atoms with Crippen LogP contribution in [0, 0.1) is 41.5 Å². The first-order valence-corrected chi connectivity index (χ1v) is 22.8. The summed E-state index contributed by atoms with van der Waals surface area (Å²) in [5, 5.41) is 8.83. The van der Waals surface area contributed by atoms with Crippen LogP contribution in [-0.4, -0.2) is 0 Å². The van der Waals surface area contributed by atoms with Crippen LogP contribution in [0.2, 0.25) is 0 Å². The van der Waals surface area contributed by atoms with E-state index in [9.17, 15) is 0 Å². The lowest BCUT2D eigenvalue weighted by atomic mass is 9.97. The van der Waals surface area contributed by atoms with Crippen LogP contribution < -0.4 is 9.80 Å². The number of aryl methyl sites for hydroxylation is 4. The predicted octanol–water partition coefficient (Wildman–Crippen LogP) is 18.2. The minimum atomic E-state index is 0.824. The molecule has 0 amide bonds. The number of furan rings is 2. The summed E-state index contributed by atoms with van der Waals surface area (Å²) in [5.41, 5.74) is 19.7. The van der Waals surface area contributed by atoms with E-state index in [0.29, 0.717) is 0 Å². The minimum absolute atomic E-state index is 0.824. The molecule has 0 spiro atoms. The Morgan fingerprint density at radius 1 is 0.318 bits per heavy atom. The molecular weight excluding hydrogens is 805 g/mol. The first kappa shape index (κ1) is 39.5. The highest BCUT2D eigenvalue weighted by atomic mass is 16.3. The Morgan fingerprint density at radius 3 is 1.21 bits per heavy atom. The van der Waals surface area contributed by atoms with Crippen LogP contribution in [-0.2, 0) is 0 Å². The third-order valence-corrected chi connectivity index (χ3v) is 14.0. The summed E-state index contributed by atoms with van der Waals surface area (Å²) in [4.78, 5) is 4.78. The molecule has 0 saturated carbocycles. The molecule has 0 atom stereocenters. The number of hydrogen-bond donors (Lipinski definition) is 0. The molecule has 2 aromatic heterocycles. The fourth-order valence-corrected chi connectivity index (χ4v) is 10.1. The van der Waals surface area contributed by atoms with Gasteiger partial charge in [-0.05, 0) is 181 Å². The molecule has 0 unspecified atom stereocenters. The lowest BCUT2D eigenvalue weighted by Crippen LogP contribution is -2.13. The van der Waals surface area contributed by atoms with E-state index in [1.807, 2.05) is 0 Å². The number of rotatable bonds is 7. The van der Waals surface area contributed by atoms with Gasteiger partial charge in [0.25, 0.3) is 0 Å². The second-order valence-corrected chi connectivity index (χ2v) is 18.0. The van der Waals surface area contributed by atoms with Gasteiger partial charge in [-0.2, -0.15) is 0 Å².